The standard InChI is InChI=1S/C19H20BrN3O/c1-11-6-5-7-14(8-11)12(2)21-19-15-9-16(20)18(24-4)10-17(15)22-13(3)23-19/h5-10,12H,1-4H3,(H,21,22,23)/t12-/m1/s1. The van der Waals surface area contributed by atoms with Crippen LogP contribution in [-0.4, -0.2) is 17.1 Å². The number of rotatable bonds is 4. The molecule has 4 nitrogen and oxygen atoms in total. The second-order valence-corrected chi connectivity index (χ2v) is 6.76. The van der Waals surface area contributed by atoms with Crippen LogP contribution < -0.4 is 10.1 Å². The van der Waals surface area contributed by atoms with Crippen molar-refractivity contribution in [3.8, 4) is 5.75 Å². The van der Waals surface area contributed by atoms with Crippen molar-refractivity contribution in [1.29, 1.82) is 0 Å². The molecule has 0 saturated heterocycles. The first-order chi connectivity index (χ1) is 11.5. The first kappa shape index (κ1) is 16.7. The van der Waals surface area contributed by atoms with Crippen LogP contribution in [0.2, 0.25) is 0 Å². The fraction of sp³-hybridized carbons (Fsp3) is 0.263. The Balaban J connectivity index is 2.04. The van der Waals surface area contributed by atoms with Gasteiger partial charge >= 0.3 is 0 Å². The summed E-state index contributed by atoms with van der Waals surface area (Å²) in [4.78, 5) is 9.13. The van der Waals surface area contributed by atoms with E-state index in [2.05, 4.69) is 69.3 Å². The lowest BCUT2D eigenvalue weighted by Gasteiger charge is -2.18. The van der Waals surface area contributed by atoms with Gasteiger partial charge in [-0.1, -0.05) is 29.8 Å². The average Bonchev–Trinajstić information content (AvgIpc) is 2.55. The molecule has 124 valence electrons. The fourth-order valence-electron chi connectivity index (χ4n) is 2.74. The van der Waals surface area contributed by atoms with Gasteiger partial charge in [0.05, 0.1) is 17.1 Å². The summed E-state index contributed by atoms with van der Waals surface area (Å²) >= 11 is 3.54. The summed E-state index contributed by atoms with van der Waals surface area (Å²) in [6, 6.07) is 12.6. The number of hydrogen-bond donors (Lipinski definition) is 1. The van der Waals surface area contributed by atoms with E-state index in [1.165, 1.54) is 11.1 Å². The number of methoxy groups -OCH3 is 1. The third kappa shape index (κ3) is 3.36. The van der Waals surface area contributed by atoms with Crippen molar-refractivity contribution in [2.45, 2.75) is 26.8 Å². The summed E-state index contributed by atoms with van der Waals surface area (Å²) in [7, 11) is 1.65. The van der Waals surface area contributed by atoms with Crippen molar-refractivity contribution in [2.75, 3.05) is 12.4 Å². The number of anilines is 1. The molecule has 0 spiro atoms. The summed E-state index contributed by atoms with van der Waals surface area (Å²) in [5.41, 5.74) is 3.34. The maximum atomic E-state index is 5.37. The molecule has 0 fully saturated rings. The van der Waals surface area contributed by atoms with Gasteiger partial charge in [0.2, 0.25) is 0 Å². The molecule has 1 aromatic heterocycles. The van der Waals surface area contributed by atoms with E-state index in [0.717, 1.165) is 32.8 Å². The van der Waals surface area contributed by atoms with Crippen molar-refractivity contribution in [3.63, 3.8) is 0 Å². The van der Waals surface area contributed by atoms with E-state index in [9.17, 15) is 0 Å². The molecule has 0 bridgehead atoms. The van der Waals surface area contributed by atoms with Gasteiger partial charge in [-0.25, -0.2) is 9.97 Å². The number of nitrogens with one attached hydrogen (secondary N) is 1. The minimum atomic E-state index is 0.142. The summed E-state index contributed by atoms with van der Waals surface area (Å²) < 4.78 is 6.25. The highest BCUT2D eigenvalue weighted by Gasteiger charge is 2.13. The van der Waals surface area contributed by atoms with Crippen LogP contribution in [0, 0.1) is 13.8 Å². The lowest BCUT2D eigenvalue weighted by Crippen LogP contribution is -2.09. The van der Waals surface area contributed by atoms with Crippen molar-refractivity contribution >= 4 is 32.7 Å². The van der Waals surface area contributed by atoms with Gasteiger partial charge in [0.15, 0.2) is 0 Å². The molecule has 0 aliphatic carbocycles. The number of benzene rings is 2. The zero-order chi connectivity index (χ0) is 17.3. The SMILES string of the molecule is COc1cc2nc(C)nc(N[C@H](C)c3cccc(C)c3)c2cc1Br. The molecule has 1 heterocycles. The Kier molecular flexibility index (Phi) is 4.71. The minimum Gasteiger partial charge on any atom is -0.495 e. The third-order valence-electron chi connectivity index (χ3n) is 3.98. The Morgan fingerprint density at radius 3 is 2.62 bits per heavy atom. The highest BCUT2D eigenvalue weighted by molar-refractivity contribution is 9.10. The first-order valence-corrected chi connectivity index (χ1v) is 8.62. The number of hydrogen-bond acceptors (Lipinski definition) is 4. The van der Waals surface area contributed by atoms with E-state index >= 15 is 0 Å². The molecule has 0 amide bonds. The Labute approximate surface area is 150 Å². The van der Waals surface area contributed by atoms with E-state index in [-0.39, 0.29) is 6.04 Å². The number of ether oxygens (including phenoxy) is 1. The van der Waals surface area contributed by atoms with Crippen molar-refractivity contribution in [3.05, 3.63) is 57.8 Å². The number of aromatic nitrogens is 2. The third-order valence-corrected chi connectivity index (χ3v) is 4.60. The zero-order valence-electron chi connectivity index (χ0n) is 14.2. The van der Waals surface area contributed by atoms with E-state index in [0.29, 0.717) is 0 Å². The number of fused-ring (bicyclic) bond motifs is 1. The molecular formula is C19H20BrN3O. The molecule has 1 atom stereocenters. The number of nitrogens with zero attached hydrogens (tertiary/aromatic N) is 2. The van der Waals surface area contributed by atoms with Crippen LogP contribution in [0.4, 0.5) is 5.82 Å². The maximum Gasteiger partial charge on any atom is 0.138 e. The molecule has 5 heteroatoms. The second kappa shape index (κ2) is 6.77. The van der Waals surface area contributed by atoms with Crippen molar-refractivity contribution in [1.82, 2.24) is 9.97 Å². The van der Waals surface area contributed by atoms with Crippen LogP contribution in [0.15, 0.2) is 40.9 Å². The molecule has 0 aliphatic rings. The number of halogens is 1. The van der Waals surface area contributed by atoms with E-state index in [1.54, 1.807) is 7.11 Å². The Morgan fingerprint density at radius 1 is 1.12 bits per heavy atom. The molecule has 0 aliphatic heterocycles. The smallest absolute Gasteiger partial charge is 0.138 e. The topological polar surface area (TPSA) is 47.0 Å². The van der Waals surface area contributed by atoms with Crippen LogP contribution in [0.3, 0.4) is 0 Å². The van der Waals surface area contributed by atoms with Gasteiger partial charge in [0.1, 0.15) is 17.4 Å². The predicted molar refractivity (Wildman–Crippen MR) is 102 cm³/mol. The molecule has 0 radical (unpaired) electrons. The predicted octanol–water partition coefficient (Wildman–Crippen LogP) is 5.19. The van der Waals surface area contributed by atoms with Gasteiger partial charge in [-0.2, -0.15) is 0 Å². The highest BCUT2D eigenvalue weighted by Crippen LogP contribution is 2.33. The second-order valence-electron chi connectivity index (χ2n) is 5.90. The van der Waals surface area contributed by atoms with Crippen LogP contribution >= 0.6 is 15.9 Å². The molecule has 2 aromatic carbocycles. The van der Waals surface area contributed by atoms with Crippen LogP contribution in [0.25, 0.3) is 10.9 Å². The van der Waals surface area contributed by atoms with Gasteiger partial charge in [0.25, 0.3) is 0 Å². The molecule has 1 N–H and O–H groups in total. The van der Waals surface area contributed by atoms with Crippen molar-refractivity contribution in [2.24, 2.45) is 0 Å². The molecule has 24 heavy (non-hydrogen) atoms. The highest BCUT2D eigenvalue weighted by atomic mass is 79.9. The lowest BCUT2D eigenvalue weighted by molar-refractivity contribution is 0.412. The minimum absolute atomic E-state index is 0.142. The summed E-state index contributed by atoms with van der Waals surface area (Å²) in [6.45, 7) is 6.14. The average molecular weight is 386 g/mol. The van der Waals surface area contributed by atoms with Gasteiger partial charge < -0.3 is 10.1 Å². The van der Waals surface area contributed by atoms with Gasteiger partial charge in [-0.3, -0.25) is 0 Å². The Hall–Kier alpha value is -2.14. The maximum absolute atomic E-state index is 5.37. The first-order valence-electron chi connectivity index (χ1n) is 7.83. The molecular weight excluding hydrogens is 366 g/mol. The molecule has 3 rings (SSSR count). The summed E-state index contributed by atoms with van der Waals surface area (Å²) in [5, 5.41) is 4.49. The largest absolute Gasteiger partial charge is 0.495 e. The van der Waals surface area contributed by atoms with E-state index in [4.69, 9.17) is 4.74 Å². The zero-order valence-corrected chi connectivity index (χ0v) is 15.8. The summed E-state index contributed by atoms with van der Waals surface area (Å²) in [6.07, 6.45) is 0. The lowest BCUT2D eigenvalue weighted by atomic mass is 10.1. The van der Waals surface area contributed by atoms with E-state index in [1.807, 2.05) is 19.1 Å². The van der Waals surface area contributed by atoms with Gasteiger partial charge in [0, 0.05) is 17.5 Å². The normalized spacial score (nSPS) is 12.2. The summed E-state index contributed by atoms with van der Waals surface area (Å²) in [5.74, 6) is 2.32. The van der Waals surface area contributed by atoms with E-state index < -0.39 is 0 Å². The monoisotopic (exact) mass is 385 g/mol. The quantitative estimate of drug-likeness (QED) is 0.670. The Bertz CT molecular complexity index is 895. The Morgan fingerprint density at radius 2 is 1.92 bits per heavy atom. The van der Waals surface area contributed by atoms with Crippen molar-refractivity contribution < 1.29 is 4.74 Å². The fourth-order valence-corrected chi connectivity index (χ4v) is 3.25. The van der Waals surface area contributed by atoms with Crippen LogP contribution in [0.5, 0.6) is 5.75 Å². The molecule has 0 unspecified atom stereocenters. The van der Waals surface area contributed by atoms with Crippen LogP contribution in [0.1, 0.15) is 29.9 Å². The number of aryl methyl sites for hydroxylation is 2. The molecule has 3 aromatic rings. The van der Waals surface area contributed by atoms with Gasteiger partial charge in [-0.15, -0.1) is 0 Å². The van der Waals surface area contributed by atoms with Gasteiger partial charge in [-0.05, 0) is 48.3 Å². The molecule has 0 saturated carbocycles. The van der Waals surface area contributed by atoms with Crippen LogP contribution in [-0.2, 0) is 0 Å².